The van der Waals surface area contributed by atoms with Gasteiger partial charge in [0.1, 0.15) is 0 Å². The van der Waals surface area contributed by atoms with E-state index in [0.717, 1.165) is 24.2 Å². The van der Waals surface area contributed by atoms with Gasteiger partial charge >= 0.3 is 0 Å². The lowest BCUT2D eigenvalue weighted by Crippen LogP contribution is -2.46. The molecule has 0 aliphatic carbocycles. The quantitative estimate of drug-likeness (QED) is 0.806. The van der Waals surface area contributed by atoms with Gasteiger partial charge in [-0.05, 0) is 39.3 Å². The fourth-order valence-electron chi connectivity index (χ4n) is 2.03. The van der Waals surface area contributed by atoms with Crippen LogP contribution < -0.4 is 10.6 Å². The Kier molecular flexibility index (Phi) is 6.02. The molecule has 4 nitrogen and oxygen atoms in total. The summed E-state index contributed by atoms with van der Waals surface area (Å²) in [5, 5.41) is 6.31. The van der Waals surface area contributed by atoms with Crippen molar-refractivity contribution in [3.63, 3.8) is 0 Å². The summed E-state index contributed by atoms with van der Waals surface area (Å²) in [5.41, 5.74) is 2.24. The molecule has 1 amide bonds. The molecule has 0 atom stereocenters. The zero-order valence-corrected chi connectivity index (χ0v) is 13.2. The van der Waals surface area contributed by atoms with Gasteiger partial charge in [-0.1, -0.05) is 18.6 Å². The molecule has 20 heavy (non-hydrogen) atoms. The summed E-state index contributed by atoms with van der Waals surface area (Å²) in [6, 6.07) is 5.88. The van der Waals surface area contributed by atoms with E-state index in [1.165, 1.54) is 0 Å². The number of nitrogens with one attached hydrogen (secondary N) is 2. The Hall–Kier alpha value is -1.55. The second kappa shape index (κ2) is 7.29. The summed E-state index contributed by atoms with van der Waals surface area (Å²) in [6.45, 7) is 9.31. The Labute approximate surface area is 121 Å². The first-order valence-corrected chi connectivity index (χ1v) is 7.05. The molecule has 0 spiro atoms. The number of carbonyl (C=O) groups is 1. The second-order valence-electron chi connectivity index (χ2n) is 5.75. The van der Waals surface area contributed by atoms with Gasteiger partial charge in [0, 0.05) is 19.3 Å². The number of methoxy groups -OCH3 is 1. The maximum atomic E-state index is 12.5. The van der Waals surface area contributed by atoms with Crippen molar-refractivity contribution in [3.05, 3.63) is 29.3 Å². The van der Waals surface area contributed by atoms with Gasteiger partial charge in [0.2, 0.25) is 0 Å². The Morgan fingerprint density at radius 3 is 2.65 bits per heavy atom. The van der Waals surface area contributed by atoms with Crippen LogP contribution in [0, 0.1) is 6.92 Å². The minimum absolute atomic E-state index is 0.0747. The molecule has 0 bridgehead atoms. The maximum Gasteiger partial charge on any atom is 0.253 e. The summed E-state index contributed by atoms with van der Waals surface area (Å²) < 4.78 is 5.13. The van der Waals surface area contributed by atoms with E-state index in [1.807, 2.05) is 39.0 Å². The average molecular weight is 278 g/mol. The second-order valence-corrected chi connectivity index (χ2v) is 5.75. The van der Waals surface area contributed by atoms with Crippen LogP contribution in [0.1, 0.15) is 43.1 Å². The number of anilines is 1. The van der Waals surface area contributed by atoms with E-state index in [9.17, 15) is 4.79 Å². The minimum Gasteiger partial charge on any atom is -0.384 e. The first-order valence-electron chi connectivity index (χ1n) is 7.05. The summed E-state index contributed by atoms with van der Waals surface area (Å²) >= 11 is 0. The molecule has 0 fully saturated rings. The lowest BCUT2D eigenvalue weighted by Gasteiger charge is -2.26. The van der Waals surface area contributed by atoms with Gasteiger partial charge in [0.05, 0.1) is 17.7 Å². The normalized spacial score (nSPS) is 11.2. The van der Waals surface area contributed by atoms with Crippen molar-refractivity contribution in [1.82, 2.24) is 5.32 Å². The molecule has 1 rings (SSSR count). The molecular weight excluding hydrogens is 252 g/mol. The van der Waals surface area contributed by atoms with Crippen molar-refractivity contribution >= 4 is 11.6 Å². The van der Waals surface area contributed by atoms with E-state index in [-0.39, 0.29) is 5.91 Å². The molecule has 112 valence electrons. The third-order valence-electron chi connectivity index (χ3n) is 2.94. The van der Waals surface area contributed by atoms with Gasteiger partial charge in [-0.15, -0.1) is 0 Å². The van der Waals surface area contributed by atoms with E-state index in [0.29, 0.717) is 12.2 Å². The van der Waals surface area contributed by atoms with Crippen LogP contribution in [0.15, 0.2) is 18.2 Å². The summed E-state index contributed by atoms with van der Waals surface area (Å²) in [6.07, 6.45) is 1.02. The van der Waals surface area contributed by atoms with Crippen molar-refractivity contribution in [2.45, 2.75) is 39.7 Å². The van der Waals surface area contributed by atoms with Crippen molar-refractivity contribution < 1.29 is 9.53 Å². The van der Waals surface area contributed by atoms with Crippen molar-refractivity contribution in [1.29, 1.82) is 0 Å². The number of amides is 1. The van der Waals surface area contributed by atoms with Crippen LogP contribution >= 0.6 is 0 Å². The van der Waals surface area contributed by atoms with Crippen molar-refractivity contribution in [2.75, 3.05) is 25.6 Å². The molecule has 4 heteroatoms. The fraction of sp³-hybridized carbons (Fsp3) is 0.562. The summed E-state index contributed by atoms with van der Waals surface area (Å²) in [5.74, 6) is -0.0747. The Balaban J connectivity index is 2.93. The van der Waals surface area contributed by atoms with Crippen molar-refractivity contribution in [2.24, 2.45) is 0 Å². The van der Waals surface area contributed by atoms with Gasteiger partial charge in [-0.2, -0.15) is 0 Å². The zero-order valence-electron chi connectivity index (χ0n) is 13.2. The molecule has 0 aliphatic heterocycles. The van der Waals surface area contributed by atoms with E-state index in [1.54, 1.807) is 7.11 Å². The maximum absolute atomic E-state index is 12.5. The number of hydrogen-bond acceptors (Lipinski definition) is 3. The molecule has 0 radical (unpaired) electrons. The molecule has 0 unspecified atom stereocenters. The van der Waals surface area contributed by atoms with E-state index < -0.39 is 5.54 Å². The smallest absolute Gasteiger partial charge is 0.253 e. The van der Waals surface area contributed by atoms with Gasteiger partial charge < -0.3 is 15.4 Å². The Bertz CT molecular complexity index is 456. The summed E-state index contributed by atoms with van der Waals surface area (Å²) in [7, 11) is 1.63. The zero-order chi connectivity index (χ0) is 15.2. The number of carbonyl (C=O) groups excluding carboxylic acids is 1. The predicted molar refractivity (Wildman–Crippen MR) is 83.4 cm³/mol. The van der Waals surface area contributed by atoms with E-state index in [2.05, 4.69) is 17.6 Å². The SMILES string of the molecule is CCCNc1ccc(C)cc1C(=O)NC(C)(C)COC. The molecule has 0 heterocycles. The van der Waals surface area contributed by atoms with Crippen LogP contribution in [0.2, 0.25) is 0 Å². The standard InChI is InChI=1S/C16H26N2O2/c1-6-9-17-14-8-7-12(2)10-13(14)15(19)18-16(3,4)11-20-5/h7-8,10,17H,6,9,11H2,1-5H3,(H,18,19). The highest BCUT2D eigenvalue weighted by atomic mass is 16.5. The minimum atomic E-state index is -0.391. The fourth-order valence-corrected chi connectivity index (χ4v) is 2.03. The highest BCUT2D eigenvalue weighted by molar-refractivity contribution is 6.00. The Morgan fingerprint density at radius 2 is 2.05 bits per heavy atom. The van der Waals surface area contributed by atoms with Gasteiger partial charge in [-0.25, -0.2) is 0 Å². The third-order valence-corrected chi connectivity index (χ3v) is 2.94. The van der Waals surface area contributed by atoms with Crippen molar-refractivity contribution in [3.8, 4) is 0 Å². The van der Waals surface area contributed by atoms with Crippen LogP contribution in [-0.2, 0) is 4.74 Å². The first kappa shape index (κ1) is 16.5. The highest BCUT2D eigenvalue weighted by Crippen LogP contribution is 2.18. The number of rotatable bonds is 7. The third kappa shape index (κ3) is 4.85. The first-order chi connectivity index (χ1) is 9.39. The molecule has 2 N–H and O–H groups in total. The highest BCUT2D eigenvalue weighted by Gasteiger charge is 2.22. The molecule has 0 saturated carbocycles. The molecule has 1 aromatic carbocycles. The number of benzene rings is 1. The van der Waals surface area contributed by atoms with Crippen LogP contribution in [0.5, 0.6) is 0 Å². The summed E-state index contributed by atoms with van der Waals surface area (Å²) in [4.78, 5) is 12.5. The number of aryl methyl sites for hydroxylation is 1. The van der Waals surface area contributed by atoms with Gasteiger partial charge in [-0.3, -0.25) is 4.79 Å². The molecule has 0 saturated heterocycles. The Morgan fingerprint density at radius 1 is 1.35 bits per heavy atom. The lowest BCUT2D eigenvalue weighted by atomic mass is 10.0. The largest absolute Gasteiger partial charge is 0.384 e. The monoisotopic (exact) mass is 278 g/mol. The van der Waals surface area contributed by atoms with Crippen LogP contribution in [0.3, 0.4) is 0 Å². The lowest BCUT2D eigenvalue weighted by molar-refractivity contribution is 0.0820. The molecular formula is C16H26N2O2. The van der Waals surface area contributed by atoms with Gasteiger partial charge in [0.15, 0.2) is 0 Å². The van der Waals surface area contributed by atoms with Crippen LogP contribution in [0.4, 0.5) is 5.69 Å². The van der Waals surface area contributed by atoms with E-state index >= 15 is 0 Å². The van der Waals surface area contributed by atoms with Gasteiger partial charge in [0.25, 0.3) is 5.91 Å². The van der Waals surface area contributed by atoms with E-state index in [4.69, 9.17) is 4.74 Å². The molecule has 1 aromatic rings. The number of ether oxygens (including phenoxy) is 1. The molecule has 0 aromatic heterocycles. The number of hydrogen-bond donors (Lipinski definition) is 2. The van der Waals surface area contributed by atoms with Crippen LogP contribution in [0.25, 0.3) is 0 Å². The predicted octanol–water partition coefficient (Wildman–Crippen LogP) is 2.97. The molecule has 0 aliphatic rings. The average Bonchev–Trinajstić information content (AvgIpc) is 2.36. The van der Waals surface area contributed by atoms with Crippen LogP contribution in [-0.4, -0.2) is 31.7 Å². The topological polar surface area (TPSA) is 50.4 Å².